The number of nitrogens with zero attached hydrogens (tertiary/aromatic N) is 1. The zero-order chi connectivity index (χ0) is 16.2. The molecule has 1 N–H and O–H groups in total. The zero-order valence-electron chi connectivity index (χ0n) is 12.6. The second kappa shape index (κ2) is 6.48. The molecule has 116 valence electrons. The van der Waals surface area contributed by atoms with Gasteiger partial charge in [0.15, 0.2) is 0 Å². The highest BCUT2D eigenvalue weighted by Gasteiger charge is 2.22. The molecule has 23 heavy (non-hydrogen) atoms. The molecule has 1 amide bonds. The Morgan fingerprint density at radius 3 is 2.39 bits per heavy atom. The van der Waals surface area contributed by atoms with Gasteiger partial charge in [-0.05, 0) is 29.7 Å². The van der Waals surface area contributed by atoms with Gasteiger partial charge in [0.2, 0.25) is 0 Å². The molecule has 4 heteroatoms. The van der Waals surface area contributed by atoms with Crippen molar-refractivity contribution in [1.29, 1.82) is 0 Å². The molecule has 0 saturated heterocycles. The van der Waals surface area contributed by atoms with Gasteiger partial charge < -0.3 is 10.0 Å². The molecule has 1 aliphatic rings. The molecule has 2 aromatic carbocycles. The fraction of sp³-hybridized carbons (Fsp3) is 0.158. The van der Waals surface area contributed by atoms with Gasteiger partial charge in [-0.3, -0.25) is 9.59 Å². The monoisotopic (exact) mass is 307 g/mol. The molecule has 0 atom stereocenters. The van der Waals surface area contributed by atoms with Crippen molar-refractivity contribution in [2.45, 2.75) is 12.8 Å². The van der Waals surface area contributed by atoms with Crippen LogP contribution in [0.1, 0.15) is 34.3 Å². The van der Waals surface area contributed by atoms with Gasteiger partial charge in [-0.15, -0.1) is 0 Å². The Bertz CT molecular complexity index is 780. The number of benzene rings is 2. The number of amides is 1. The lowest BCUT2D eigenvalue weighted by molar-refractivity contribution is -0.137. The quantitative estimate of drug-likeness (QED) is 0.937. The predicted octanol–water partition coefficient (Wildman–Crippen LogP) is 3.68. The van der Waals surface area contributed by atoms with Crippen molar-refractivity contribution < 1.29 is 14.7 Å². The Morgan fingerprint density at radius 2 is 1.61 bits per heavy atom. The van der Waals surface area contributed by atoms with Crippen molar-refractivity contribution in [3.63, 3.8) is 0 Å². The maximum Gasteiger partial charge on any atom is 0.303 e. The summed E-state index contributed by atoms with van der Waals surface area (Å²) in [7, 11) is 0. The molecule has 2 aromatic rings. The third-order valence-corrected chi connectivity index (χ3v) is 3.88. The molecular weight excluding hydrogens is 290 g/mol. The van der Waals surface area contributed by atoms with Gasteiger partial charge in [-0.25, -0.2) is 0 Å². The summed E-state index contributed by atoms with van der Waals surface area (Å²) < 4.78 is 0. The first-order valence-electron chi connectivity index (χ1n) is 7.56. The Morgan fingerprint density at radius 1 is 0.957 bits per heavy atom. The number of carboxylic acids is 1. The molecule has 0 aromatic heterocycles. The fourth-order valence-electron chi connectivity index (χ4n) is 2.76. The van der Waals surface area contributed by atoms with Crippen molar-refractivity contribution in [3.05, 3.63) is 65.2 Å². The van der Waals surface area contributed by atoms with Crippen LogP contribution in [0.5, 0.6) is 0 Å². The van der Waals surface area contributed by atoms with E-state index in [1.807, 2.05) is 54.6 Å². The number of para-hydroxylation sites is 1. The van der Waals surface area contributed by atoms with E-state index in [1.165, 1.54) is 0 Å². The lowest BCUT2D eigenvalue weighted by atomic mass is 10.00. The third kappa shape index (κ3) is 3.16. The summed E-state index contributed by atoms with van der Waals surface area (Å²) in [6.45, 7) is 0.379. The van der Waals surface area contributed by atoms with Crippen LogP contribution in [0.15, 0.2) is 48.5 Å². The van der Waals surface area contributed by atoms with Crippen molar-refractivity contribution in [2.24, 2.45) is 0 Å². The topological polar surface area (TPSA) is 57.6 Å². The second-order valence-electron chi connectivity index (χ2n) is 5.43. The highest BCUT2D eigenvalue weighted by molar-refractivity contribution is 6.10. The zero-order valence-corrected chi connectivity index (χ0v) is 12.6. The first-order valence-corrected chi connectivity index (χ1v) is 7.56. The van der Waals surface area contributed by atoms with E-state index in [0.29, 0.717) is 18.5 Å². The fourth-order valence-corrected chi connectivity index (χ4v) is 2.76. The maximum atomic E-state index is 13.0. The van der Waals surface area contributed by atoms with Crippen LogP contribution in [0.2, 0.25) is 0 Å². The molecule has 4 nitrogen and oxygen atoms in total. The average Bonchev–Trinajstić information content (AvgIpc) is 2.56. The standard InChI is InChI=1S/C19H17NO3/c21-18(22)10-5-13-20-17-9-4-2-7-15(17)12-11-14-6-1-3-8-16(14)19(20)23/h1-4,6-9,11-12H,5,10,13H2,(H,21,22). The lowest BCUT2D eigenvalue weighted by Crippen LogP contribution is -2.33. The van der Waals surface area contributed by atoms with Gasteiger partial charge in [0.1, 0.15) is 0 Å². The van der Waals surface area contributed by atoms with Crippen LogP contribution in [-0.2, 0) is 4.79 Å². The minimum absolute atomic E-state index is 0.0451. The van der Waals surface area contributed by atoms with E-state index in [4.69, 9.17) is 5.11 Å². The van der Waals surface area contributed by atoms with Crippen LogP contribution >= 0.6 is 0 Å². The van der Waals surface area contributed by atoms with Crippen LogP contribution in [0, 0.1) is 0 Å². The molecule has 0 unspecified atom stereocenters. The van der Waals surface area contributed by atoms with Crippen LogP contribution in [0.3, 0.4) is 0 Å². The van der Waals surface area contributed by atoms with Crippen molar-refractivity contribution in [3.8, 4) is 0 Å². The number of carbonyl (C=O) groups is 2. The highest BCUT2D eigenvalue weighted by atomic mass is 16.4. The third-order valence-electron chi connectivity index (χ3n) is 3.88. The molecule has 0 radical (unpaired) electrons. The average molecular weight is 307 g/mol. The van der Waals surface area contributed by atoms with Crippen LogP contribution in [0.25, 0.3) is 12.2 Å². The minimum atomic E-state index is -0.849. The Balaban J connectivity index is 2.04. The maximum absolute atomic E-state index is 13.0. The van der Waals surface area contributed by atoms with E-state index in [1.54, 1.807) is 11.0 Å². The normalized spacial score (nSPS) is 13.0. The summed E-state index contributed by atoms with van der Waals surface area (Å²) in [6, 6.07) is 15.1. The van der Waals surface area contributed by atoms with Gasteiger partial charge >= 0.3 is 5.97 Å². The summed E-state index contributed by atoms with van der Waals surface area (Å²) in [4.78, 5) is 25.4. The number of hydrogen-bond donors (Lipinski definition) is 1. The second-order valence-corrected chi connectivity index (χ2v) is 5.43. The lowest BCUT2D eigenvalue weighted by Gasteiger charge is -2.26. The molecule has 0 saturated carbocycles. The van der Waals surface area contributed by atoms with Crippen LogP contribution < -0.4 is 4.90 Å². The number of aliphatic carboxylic acids is 1. The Kier molecular flexibility index (Phi) is 4.24. The molecular formula is C19H17NO3. The van der Waals surface area contributed by atoms with E-state index in [2.05, 4.69) is 0 Å². The number of rotatable bonds is 4. The summed E-state index contributed by atoms with van der Waals surface area (Å²) in [5.74, 6) is -0.944. The van der Waals surface area contributed by atoms with E-state index >= 15 is 0 Å². The predicted molar refractivity (Wildman–Crippen MR) is 90.4 cm³/mol. The summed E-state index contributed by atoms with van der Waals surface area (Å²) in [5, 5.41) is 8.85. The summed E-state index contributed by atoms with van der Waals surface area (Å²) in [5.41, 5.74) is 3.27. The van der Waals surface area contributed by atoms with Crippen LogP contribution in [-0.4, -0.2) is 23.5 Å². The van der Waals surface area contributed by atoms with Gasteiger partial charge in [0, 0.05) is 18.5 Å². The molecule has 3 rings (SSSR count). The molecule has 0 aliphatic carbocycles. The largest absolute Gasteiger partial charge is 0.481 e. The number of hydrogen-bond acceptors (Lipinski definition) is 2. The van der Waals surface area contributed by atoms with Crippen molar-refractivity contribution in [1.82, 2.24) is 0 Å². The van der Waals surface area contributed by atoms with E-state index in [-0.39, 0.29) is 12.3 Å². The SMILES string of the molecule is O=C(O)CCCN1C(=O)c2ccccc2C=Cc2ccccc21. The first kappa shape index (κ1) is 15.0. The van der Waals surface area contributed by atoms with E-state index < -0.39 is 5.97 Å². The summed E-state index contributed by atoms with van der Waals surface area (Å²) >= 11 is 0. The van der Waals surface area contributed by atoms with Gasteiger partial charge in [0.25, 0.3) is 5.91 Å². The Hall–Kier alpha value is -2.88. The van der Waals surface area contributed by atoms with Crippen LogP contribution in [0.4, 0.5) is 5.69 Å². The molecule has 0 fully saturated rings. The summed E-state index contributed by atoms with van der Waals surface area (Å²) in [6.07, 6.45) is 4.40. The Labute approximate surface area is 134 Å². The van der Waals surface area contributed by atoms with Gasteiger partial charge in [-0.2, -0.15) is 0 Å². The molecule has 1 aliphatic heterocycles. The number of carbonyl (C=O) groups excluding carboxylic acids is 1. The smallest absolute Gasteiger partial charge is 0.303 e. The molecule has 0 bridgehead atoms. The minimum Gasteiger partial charge on any atom is -0.481 e. The highest BCUT2D eigenvalue weighted by Crippen LogP contribution is 2.28. The van der Waals surface area contributed by atoms with E-state index in [9.17, 15) is 9.59 Å². The van der Waals surface area contributed by atoms with Gasteiger partial charge in [-0.1, -0.05) is 48.6 Å². The number of anilines is 1. The molecule has 1 heterocycles. The number of fused-ring (bicyclic) bond motifs is 2. The first-order chi connectivity index (χ1) is 11.2. The van der Waals surface area contributed by atoms with E-state index in [0.717, 1.165) is 16.8 Å². The van der Waals surface area contributed by atoms with Crippen molar-refractivity contribution >= 4 is 29.7 Å². The molecule has 0 spiro atoms. The number of carboxylic acid groups (broad SMARTS) is 1. The van der Waals surface area contributed by atoms with Gasteiger partial charge in [0.05, 0.1) is 5.69 Å². The van der Waals surface area contributed by atoms with Crippen molar-refractivity contribution in [2.75, 3.05) is 11.4 Å².